The molecule has 4 nitrogen and oxygen atoms in total. The molecule has 5 heteroatoms. The fourth-order valence-corrected chi connectivity index (χ4v) is 1.72. The third-order valence-corrected chi connectivity index (χ3v) is 2.58. The number of rotatable bonds is 4. The first kappa shape index (κ1) is 15.7. The molecule has 1 aliphatic heterocycles. The fraction of sp³-hybridized carbons (Fsp3) is 0.727. The minimum atomic E-state index is 0. The number of aliphatic imine (C=N–C) groups is 1. The van der Waals surface area contributed by atoms with E-state index in [9.17, 15) is 0 Å². The molecule has 0 amide bonds. The molecule has 0 bridgehead atoms. The maximum atomic E-state index is 5.72. The van der Waals surface area contributed by atoms with E-state index in [1.807, 2.05) is 6.92 Å². The van der Waals surface area contributed by atoms with Gasteiger partial charge in [-0.2, -0.15) is 0 Å². The molecule has 0 spiro atoms. The third-order valence-electron chi connectivity index (χ3n) is 2.58. The number of likely N-dealkylation sites (tertiary alicyclic amines) is 1. The molecule has 0 aromatic heterocycles. The number of nitrogens with one attached hydrogen (secondary N) is 1. The summed E-state index contributed by atoms with van der Waals surface area (Å²) in [6.07, 6.45) is 1.25. The van der Waals surface area contributed by atoms with Gasteiger partial charge in [0.25, 0.3) is 0 Å². The van der Waals surface area contributed by atoms with Gasteiger partial charge in [-0.05, 0) is 32.9 Å². The average Bonchev–Trinajstić information content (AvgIpc) is 2.58. The molecule has 0 aliphatic carbocycles. The first-order chi connectivity index (χ1) is 7.08. The molecular formula is C11H23IN4. The lowest BCUT2D eigenvalue weighted by Gasteiger charge is -2.11. The lowest BCUT2D eigenvalue weighted by atomic mass is 10.1. The highest BCUT2D eigenvalue weighted by Gasteiger charge is 2.18. The van der Waals surface area contributed by atoms with E-state index in [0.717, 1.165) is 18.7 Å². The van der Waals surface area contributed by atoms with Gasteiger partial charge >= 0.3 is 0 Å². The first-order valence-electron chi connectivity index (χ1n) is 5.44. The van der Waals surface area contributed by atoms with Gasteiger partial charge in [0, 0.05) is 13.1 Å². The van der Waals surface area contributed by atoms with Crippen molar-refractivity contribution in [2.45, 2.75) is 13.3 Å². The Morgan fingerprint density at radius 1 is 1.62 bits per heavy atom. The van der Waals surface area contributed by atoms with Crippen LogP contribution >= 0.6 is 24.0 Å². The summed E-state index contributed by atoms with van der Waals surface area (Å²) in [6, 6.07) is 0. The van der Waals surface area contributed by atoms with Gasteiger partial charge in [0.05, 0.1) is 6.54 Å². The van der Waals surface area contributed by atoms with Crippen molar-refractivity contribution in [2.75, 3.05) is 33.2 Å². The molecule has 1 fully saturated rings. The van der Waals surface area contributed by atoms with Crippen LogP contribution < -0.4 is 11.1 Å². The van der Waals surface area contributed by atoms with Crippen LogP contribution in [0.25, 0.3) is 0 Å². The molecule has 94 valence electrons. The normalized spacial score (nSPS) is 21.6. The van der Waals surface area contributed by atoms with E-state index in [1.165, 1.54) is 13.0 Å². The van der Waals surface area contributed by atoms with Crippen molar-refractivity contribution in [3.05, 3.63) is 12.2 Å². The predicted octanol–water partition coefficient (Wildman–Crippen LogP) is 1.04. The largest absolute Gasteiger partial charge is 0.370 e. The summed E-state index contributed by atoms with van der Waals surface area (Å²) < 4.78 is 0. The summed E-state index contributed by atoms with van der Waals surface area (Å²) in [4.78, 5) is 6.51. The number of nitrogens with two attached hydrogens (primary N) is 1. The van der Waals surface area contributed by atoms with Crippen molar-refractivity contribution in [1.82, 2.24) is 10.2 Å². The average molecular weight is 338 g/mol. The Bertz CT molecular complexity index is 252. The quantitative estimate of drug-likeness (QED) is 0.349. The van der Waals surface area contributed by atoms with E-state index in [-0.39, 0.29) is 24.0 Å². The van der Waals surface area contributed by atoms with Crippen molar-refractivity contribution in [1.29, 1.82) is 0 Å². The summed E-state index contributed by atoms with van der Waals surface area (Å²) in [5.41, 5.74) is 6.75. The van der Waals surface area contributed by atoms with Crippen molar-refractivity contribution >= 4 is 29.9 Å². The number of halogens is 1. The van der Waals surface area contributed by atoms with Crippen LogP contribution in [0.4, 0.5) is 0 Å². The number of nitrogens with zero attached hydrogens (tertiary/aromatic N) is 2. The molecule has 0 aromatic carbocycles. The Kier molecular flexibility index (Phi) is 7.74. The molecule has 1 aliphatic rings. The maximum Gasteiger partial charge on any atom is 0.188 e. The molecule has 0 saturated carbocycles. The summed E-state index contributed by atoms with van der Waals surface area (Å²) in [7, 11) is 2.15. The van der Waals surface area contributed by atoms with Gasteiger partial charge in [0.2, 0.25) is 0 Å². The second-order valence-corrected chi connectivity index (χ2v) is 4.46. The number of hydrogen-bond donors (Lipinski definition) is 2. The highest BCUT2D eigenvalue weighted by atomic mass is 127. The van der Waals surface area contributed by atoms with Crippen LogP contribution in [0.5, 0.6) is 0 Å². The van der Waals surface area contributed by atoms with Crippen LogP contribution in [-0.4, -0.2) is 44.1 Å². The minimum absolute atomic E-state index is 0. The van der Waals surface area contributed by atoms with Crippen LogP contribution in [0, 0.1) is 5.92 Å². The first-order valence-corrected chi connectivity index (χ1v) is 5.44. The maximum absolute atomic E-state index is 5.72. The van der Waals surface area contributed by atoms with Crippen molar-refractivity contribution in [2.24, 2.45) is 16.6 Å². The second kappa shape index (κ2) is 7.89. The standard InChI is InChI=1S/C11H22N4.HI/c1-9(2)6-13-11(12)14-7-10-4-5-15(3)8-10;/h10H,1,4-8H2,2-3H3,(H3,12,13,14);1H. The van der Waals surface area contributed by atoms with Crippen LogP contribution in [0.15, 0.2) is 17.1 Å². The zero-order valence-electron chi connectivity index (χ0n) is 10.2. The highest BCUT2D eigenvalue weighted by molar-refractivity contribution is 14.0. The van der Waals surface area contributed by atoms with E-state index in [1.54, 1.807) is 0 Å². The van der Waals surface area contributed by atoms with Gasteiger partial charge in [-0.1, -0.05) is 12.2 Å². The van der Waals surface area contributed by atoms with Gasteiger partial charge in [-0.15, -0.1) is 24.0 Å². The summed E-state index contributed by atoms with van der Waals surface area (Å²) >= 11 is 0. The molecule has 1 saturated heterocycles. The number of guanidine groups is 1. The fourth-order valence-electron chi connectivity index (χ4n) is 1.72. The van der Waals surface area contributed by atoms with Crippen LogP contribution in [0.2, 0.25) is 0 Å². The molecule has 1 atom stereocenters. The SMILES string of the molecule is C=C(C)CN=C(N)NCC1CCN(C)C1.I. The number of hydrogen-bond acceptors (Lipinski definition) is 2. The molecular weight excluding hydrogens is 315 g/mol. The molecule has 1 heterocycles. The Hall–Kier alpha value is -0.300. The molecule has 16 heavy (non-hydrogen) atoms. The Balaban J connectivity index is 0.00000225. The molecule has 0 radical (unpaired) electrons. The Morgan fingerprint density at radius 3 is 2.81 bits per heavy atom. The molecule has 0 aromatic rings. The lowest BCUT2D eigenvalue weighted by Crippen LogP contribution is -2.36. The smallest absolute Gasteiger partial charge is 0.188 e. The van der Waals surface area contributed by atoms with Gasteiger partial charge in [-0.25, -0.2) is 4.99 Å². The van der Waals surface area contributed by atoms with Crippen molar-refractivity contribution < 1.29 is 0 Å². The van der Waals surface area contributed by atoms with E-state index >= 15 is 0 Å². The van der Waals surface area contributed by atoms with Crippen LogP contribution in [-0.2, 0) is 0 Å². The summed E-state index contributed by atoms with van der Waals surface area (Å²) in [5, 5.41) is 3.16. The molecule has 1 unspecified atom stereocenters. The van der Waals surface area contributed by atoms with Gasteiger partial charge in [-0.3, -0.25) is 0 Å². The van der Waals surface area contributed by atoms with E-state index in [0.29, 0.717) is 18.4 Å². The Labute approximate surface area is 115 Å². The van der Waals surface area contributed by atoms with Gasteiger partial charge in [0.15, 0.2) is 5.96 Å². The van der Waals surface area contributed by atoms with Crippen molar-refractivity contribution in [3.8, 4) is 0 Å². The second-order valence-electron chi connectivity index (χ2n) is 4.46. The van der Waals surface area contributed by atoms with Gasteiger partial charge < -0.3 is 16.0 Å². The summed E-state index contributed by atoms with van der Waals surface area (Å²) in [6.45, 7) is 9.61. The molecule has 1 rings (SSSR count). The van der Waals surface area contributed by atoms with Crippen LogP contribution in [0.1, 0.15) is 13.3 Å². The van der Waals surface area contributed by atoms with E-state index < -0.39 is 0 Å². The third kappa shape index (κ3) is 6.32. The summed E-state index contributed by atoms with van der Waals surface area (Å²) in [5.74, 6) is 1.24. The van der Waals surface area contributed by atoms with E-state index in [4.69, 9.17) is 5.73 Å². The lowest BCUT2D eigenvalue weighted by molar-refractivity contribution is 0.394. The topological polar surface area (TPSA) is 53.6 Å². The van der Waals surface area contributed by atoms with Gasteiger partial charge in [0.1, 0.15) is 0 Å². The van der Waals surface area contributed by atoms with E-state index in [2.05, 4.69) is 28.8 Å². The zero-order chi connectivity index (χ0) is 11.3. The van der Waals surface area contributed by atoms with Crippen molar-refractivity contribution in [3.63, 3.8) is 0 Å². The highest BCUT2D eigenvalue weighted by Crippen LogP contribution is 2.12. The minimum Gasteiger partial charge on any atom is -0.370 e. The zero-order valence-corrected chi connectivity index (χ0v) is 12.5. The predicted molar refractivity (Wildman–Crippen MR) is 80.3 cm³/mol. The molecule has 3 N–H and O–H groups in total. The van der Waals surface area contributed by atoms with Crippen LogP contribution in [0.3, 0.4) is 0 Å². The Morgan fingerprint density at radius 2 is 2.31 bits per heavy atom. The monoisotopic (exact) mass is 338 g/mol.